The van der Waals surface area contributed by atoms with Crippen LogP contribution in [0.15, 0.2) is 60.7 Å². The van der Waals surface area contributed by atoms with Crippen LogP contribution < -0.4 is 5.73 Å². The van der Waals surface area contributed by atoms with E-state index in [2.05, 4.69) is 0 Å². The number of aryl methyl sites for hydroxylation is 1. The topological polar surface area (TPSA) is 102 Å². The molecule has 2 aromatic rings. The van der Waals surface area contributed by atoms with Gasteiger partial charge in [0.15, 0.2) is 0 Å². The third-order valence-electron chi connectivity index (χ3n) is 6.30. The predicted molar refractivity (Wildman–Crippen MR) is 137 cm³/mol. The van der Waals surface area contributed by atoms with Gasteiger partial charge in [-0.15, -0.1) is 0 Å². The second-order valence-corrected chi connectivity index (χ2v) is 8.91. The third kappa shape index (κ3) is 8.17. The zero-order chi connectivity index (χ0) is 25.8. The van der Waals surface area contributed by atoms with Crippen LogP contribution in [0, 0.1) is 0 Å². The SMILES string of the molecule is CCOC(=O)CC[C@H](CCc1ccccc1)N(C(=O)[C@@H](N)Cc1ccccc1)C(=O)N1CCOCC1. The number of hydrogen-bond donors (Lipinski definition) is 1. The second kappa shape index (κ2) is 14.4. The summed E-state index contributed by atoms with van der Waals surface area (Å²) >= 11 is 0. The van der Waals surface area contributed by atoms with Crippen LogP contribution in [0.1, 0.15) is 37.3 Å². The van der Waals surface area contributed by atoms with Crippen molar-refractivity contribution in [3.8, 4) is 0 Å². The number of esters is 1. The minimum atomic E-state index is -0.890. The maximum absolute atomic E-state index is 13.8. The molecule has 194 valence electrons. The first kappa shape index (κ1) is 27.4. The smallest absolute Gasteiger partial charge is 0.327 e. The molecule has 0 aromatic heterocycles. The van der Waals surface area contributed by atoms with E-state index in [-0.39, 0.29) is 25.0 Å². The molecule has 2 atom stereocenters. The molecule has 0 saturated carbocycles. The average molecular weight is 496 g/mol. The molecule has 0 aliphatic carbocycles. The standard InChI is InChI=1S/C28H37N3O5/c1-2-36-26(32)16-15-24(14-13-22-9-5-3-6-10-22)31(28(34)30-17-19-35-20-18-30)27(33)25(29)21-23-11-7-4-8-12-23/h3-12,24-25H,2,13-21,29H2,1H3/t24-,25-/m0/s1. The zero-order valence-corrected chi connectivity index (χ0v) is 21.0. The predicted octanol–water partition coefficient (Wildman–Crippen LogP) is 3.18. The van der Waals surface area contributed by atoms with E-state index in [1.54, 1.807) is 11.8 Å². The molecule has 8 heteroatoms. The molecule has 2 aromatic carbocycles. The Hall–Kier alpha value is -3.23. The van der Waals surface area contributed by atoms with Crippen molar-refractivity contribution in [1.29, 1.82) is 0 Å². The van der Waals surface area contributed by atoms with Crippen LogP contribution in [0.25, 0.3) is 0 Å². The zero-order valence-electron chi connectivity index (χ0n) is 21.0. The van der Waals surface area contributed by atoms with Gasteiger partial charge < -0.3 is 20.1 Å². The molecule has 0 spiro atoms. The molecule has 1 saturated heterocycles. The Morgan fingerprint density at radius 2 is 1.58 bits per heavy atom. The van der Waals surface area contributed by atoms with Crippen LogP contribution in [-0.4, -0.2) is 72.7 Å². The number of hydrogen-bond acceptors (Lipinski definition) is 6. The lowest BCUT2D eigenvalue weighted by Crippen LogP contribution is -2.58. The lowest BCUT2D eigenvalue weighted by atomic mass is 9.98. The molecule has 0 radical (unpaired) electrons. The molecule has 8 nitrogen and oxygen atoms in total. The summed E-state index contributed by atoms with van der Waals surface area (Å²) in [7, 11) is 0. The largest absolute Gasteiger partial charge is 0.466 e. The highest BCUT2D eigenvalue weighted by molar-refractivity contribution is 5.97. The summed E-state index contributed by atoms with van der Waals surface area (Å²) in [6, 6.07) is 17.6. The second-order valence-electron chi connectivity index (χ2n) is 8.91. The lowest BCUT2D eigenvalue weighted by Gasteiger charge is -2.37. The molecular formula is C28H37N3O5. The number of imide groups is 1. The summed E-state index contributed by atoms with van der Waals surface area (Å²) in [4.78, 5) is 42.6. The number of carbonyl (C=O) groups is 3. The highest BCUT2D eigenvalue weighted by Gasteiger charge is 2.36. The first-order valence-electron chi connectivity index (χ1n) is 12.7. The summed E-state index contributed by atoms with van der Waals surface area (Å²) in [5, 5.41) is 0. The number of ether oxygens (including phenoxy) is 2. The van der Waals surface area contributed by atoms with Gasteiger partial charge >= 0.3 is 12.0 Å². The van der Waals surface area contributed by atoms with Gasteiger partial charge in [-0.05, 0) is 43.7 Å². The van der Waals surface area contributed by atoms with Gasteiger partial charge in [0.25, 0.3) is 0 Å². The van der Waals surface area contributed by atoms with Crippen molar-refractivity contribution in [3.05, 3.63) is 71.8 Å². The quantitative estimate of drug-likeness (QED) is 0.481. The highest BCUT2D eigenvalue weighted by atomic mass is 16.5. The van der Waals surface area contributed by atoms with E-state index < -0.39 is 18.0 Å². The van der Waals surface area contributed by atoms with Gasteiger partial charge in [0, 0.05) is 25.6 Å². The molecule has 1 aliphatic rings. The first-order valence-corrected chi connectivity index (χ1v) is 12.7. The van der Waals surface area contributed by atoms with Gasteiger partial charge in [-0.25, -0.2) is 4.79 Å². The third-order valence-corrected chi connectivity index (χ3v) is 6.30. The molecule has 0 bridgehead atoms. The van der Waals surface area contributed by atoms with Gasteiger partial charge in [-0.3, -0.25) is 14.5 Å². The fourth-order valence-corrected chi connectivity index (χ4v) is 4.37. The summed E-state index contributed by atoms with van der Waals surface area (Å²) in [6.07, 6.45) is 1.91. The van der Waals surface area contributed by atoms with Crippen molar-refractivity contribution in [1.82, 2.24) is 9.80 Å². The van der Waals surface area contributed by atoms with E-state index in [9.17, 15) is 14.4 Å². The average Bonchev–Trinajstić information content (AvgIpc) is 2.91. The van der Waals surface area contributed by atoms with Crippen molar-refractivity contribution in [2.24, 2.45) is 5.73 Å². The van der Waals surface area contributed by atoms with Gasteiger partial charge in [0.05, 0.1) is 25.9 Å². The molecular weight excluding hydrogens is 458 g/mol. The fourth-order valence-electron chi connectivity index (χ4n) is 4.37. The number of urea groups is 1. The molecule has 1 heterocycles. The molecule has 1 aliphatic heterocycles. The van der Waals surface area contributed by atoms with E-state index in [1.807, 2.05) is 60.7 Å². The van der Waals surface area contributed by atoms with E-state index in [1.165, 1.54) is 4.90 Å². The van der Waals surface area contributed by atoms with Gasteiger partial charge in [0.2, 0.25) is 5.91 Å². The Kier molecular flexibility index (Phi) is 10.9. The fraction of sp³-hybridized carbons (Fsp3) is 0.464. The first-order chi connectivity index (χ1) is 17.5. The highest BCUT2D eigenvalue weighted by Crippen LogP contribution is 2.20. The van der Waals surface area contributed by atoms with Crippen LogP contribution in [0.4, 0.5) is 4.79 Å². The number of nitrogens with zero attached hydrogens (tertiary/aromatic N) is 2. The maximum Gasteiger partial charge on any atom is 0.327 e. The molecule has 0 unspecified atom stereocenters. The Morgan fingerprint density at radius 3 is 2.19 bits per heavy atom. The Balaban J connectivity index is 1.85. The van der Waals surface area contributed by atoms with Gasteiger partial charge in [-0.1, -0.05) is 60.7 Å². The minimum Gasteiger partial charge on any atom is -0.466 e. The number of benzene rings is 2. The molecule has 3 rings (SSSR count). The number of carbonyl (C=O) groups excluding carboxylic acids is 3. The maximum atomic E-state index is 13.8. The van der Waals surface area contributed by atoms with Crippen LogP contribution in [0.2, 0.25) is 0 Å². The van der Waals surface area contributed by atoms with E-state index in [0.29, 0.717) is 52.0 Å². The Labute approximate surface area is 213 Å². The molecule has 3 amide bonds. The summed E-state index contributed by atoms with van der Waals surface area (Å²) in [5.74, 6) is -0.778. The normalized spacial score (nSPS) is 15.1. The summed E-state index contributed by atoms with van der Waals surface area (Å²) in [5.41, 5.74) is 8.40. The molecule has 1 fully saturated rings. The van der Waals surface area contributed by atoms with Crippen molar-refractivity contribution >= 4 is 17.9 Å². The van der Waals surface area contributed by atoms with Crippen molar-refractivity contribution in [3.63, 3.8) is 0 Å². The summed E-state index contributed by atoms with van der Waals surface area (Å²) < 4.78 is 10.5. The number of nitrogens with two attached hydrogens (primary N) is 1. The van der Waals surface area contributed by atoms with Gasteiger partial charge in [0.1, 0.15) is 0 Å². The minimum absolute atomic E-state index is 0.112. The van der Waals surface area contributed by atoms with Crippen LogP contribution in [0.3, 0.4) is 0 Å². The van der Waals surface area contributed by atoms with E-state index in [0.717, 1.165) is 11.1 Å². The number of morpholine rings is 1. The van der Waals surface area contributed by atoms with Crippen molar-refractivity contribution < 1.29 is 23.9 Å². The van der Waals surface area contributed by atoms with Crippen molar-refractivity contribution in [2.75, 3.05) is 32.9 Å². The van der Waals surface area contributed by atoms with Crippen LogP contribution in [-0.2, 0) is 31.9 Å². The number of amides is 3. The van der Waals surface area contributed by atoms with Crippen LogP contribution >= 0.6 is 0 Å². The Bertz CT molecular complexity index is 964. The summed E-state index contributed by atoms with van der Waals surface area (Å²) in [6.45, 7) is 3.68. The molecule has 36 heavy (non-hydrogen) atoms. The van der Waals surface area contributed by atoms with E-state index in [4.69, 9.17) is 15.2 Å². The van der Waals surface area contributed by atoms with Crippen LogP contribution in [0.5, 0.6) is 0 Å². The van der Waals surface area contributed by atoms with Crippen molar-refractivity contribution in [2.45, 2.75) is 51.1 Å². The molecule has 2 N–H and O–H groups in total. The van der Waals surface area contributed by atoms with E-state index >= 15 is 0 Å². The van der Waals surface area contributed by atoms with Gasteiger partial charge in [-0.2, -0.15) is 0 Å². The number of rotatable bonds is 11. The Morgan fingerprint density at radius 1 is 0.972 bits per heavy atom. The monoisotopic (exact) mass is 495 g/mol. The lowest BCUT2D eigenvalue weighted by molar-refractivity contribution is -0.144.